The summed E-state index contributed by atoms with van der Waals surface area (Å²) in [6.07, 6.45) is 1.81. The molecule has 0 heterocycles. The average Bonchev–Trinajstić information content (AvgIpc) is 1.60. The Morgan fingerprint density at radius 2 is 1.70 bits per heavy atom. The molecule has 0 saturated heterocycles. The van der Waals surface area contributed by atoms with Gasteiger partial charge in [-0.25, -0.2) is 0 Å². The lowest BCUT2D eigenvalue weighted by Crippen LogP contribution is -2.32. The summed E-state index contributed by atoms with van der Waals surface area (Å²) >= 11 is 0. The standard InChI is InChI=1S/C8H18NO/c1-7(2)6-9(10)8(3,4)5/h6-7,10H,1-5H3/q+1/b9-6-. The topological polar surface area (TPSA) is 23.2 Å². The molecule has 0 saturated carbocycles. The number of rotatable bonds is 1. The van der Waals surface area contributed by atoms with E-state index in [0.717, 1.165) is 0 Å². The van der Waals surface area contributed by atoms with Crippen LogP contribution in [0.1, 0.15) is 34.6 Å². The second-order valence-corrected chi connectivity index (χ2v) is 3.91. The van der Waals surface area contributed by atoms with E-state index in [1.807, 2.05) is 34.6 Å². The lowest BCUT2D eigenvalue weighted by atomic mass is 10.1. The van der Waals surface area contributed by atoms with Crippen LogP contribution in [0.4, 0.5) is 0 Å². The molecule has 0 aromatic rings. The molecule has 1 N–H and O–H groups in total. The zero-order valence-corrected chi connectivity index (χ0v) is 7.55. The van der Waals surface area contributed by atoms with Crippen molar-refractivity contribution in [1.82, 2.24) is 0 Å². The monoisotopic (exact) mass is 144 g/mol. The Morgan fingerprint density at radius 3 is 1.80 bits per heavy atom. The predicted octanol–water partition coefficient (Wildman–Crippen LogP) is 1.91. The summed E-state index contributed by atoms with van der Waals surface area (Å²) in [5.41, 5.74) is -0.176. The zero-order chi connectivity index (χ0) is 8.36. The highest BCUT2D eigenvalue weighted by Gasteiger charge is 2.23. The van der Waals surface area contributed by atoms with Gasteiger partial charge in [-0.3, -0.25) is 5.21 Å². The summed E-state index contributed by atoms with van der Waals surface area (Å²) < 4.78 is 1.26. The van der Waals surface area contributed by atoms with E-state index < -0.39 is 0 Å². The molecule has 0 amide bonds. The van der Waals surface area contributed by atoms with E-state index >= 15 is 0 Å². The first kappa shape index (κ1) is 9.47. The highest BCUT2D eigenvalue weighted by atomic mass is 16.5. The number of nitrogens with zero attached hydrogens (tertiary/aromatic N) is 1. The van der Waals surface area contributed by atoms with E-state index in [2.05, 4.69) is 0 Å². The van der Waals surface area contributed by atoms with Crippen LogP contribution in [0, 0.1) is 5.92 Å². The molecule has 0 aliphatic rings. The minimum absolute atomic E-state index is 0.176. The first-order valence-electron chi connectivity index (χ1n) is 3.67. The Balaban J connectivity index is 4.20. The van der Waals surface area contributed by atoms with E-state index in [9.17, 15) is 5.21 Å². The van der Waals surface area contributed by atoms with E-state index in [4.69, 9.17) is 0 Å². The van der Waals surface area contributed by atoms with Crippen LogP contribution in [0.5, 0.6) is 0 Å². The maximum absolute atomic E-state index is 9.33. The lowest BCUT2D eigenvalue weighted by Gasteiger charge is -2.09. The number of hydroxylamine groups is 1. The van der Waals surface area contributed by atoms with Crippen molar-refractivity contribution in [3.63, 3.8) is 0 Å². The molecule has 2 heteroatoms. The van der Waals surface area contributed by atoms with Gasteiger partial charge in [0.1, 0.15) is 0 Å². The Bertz CT molecular complexity index is 131. The third-order valence-corrected chi connectivity index (χ3v) is 1.13. The summed E-state index contributed by atoms with van der Waals surface area (Å²) in [7, 11) is 0. The molecule has 0 aliphatic carbocycles. The fourth-order valence-corrected chi connectivity index (χ4v) is 0.506. The van der Waals surface area contributed by atoms with Gasteiger partial charge in [0.2, 0.25) is 5.54 Å². The molecular formula is C8H18NO+. The molecule has 0 atom stereocenters. The maximum atomic E-state index is 9.33. The number of hydrogen-bond donors (Lipinski definition) is 1. The van der Waals surface area contributed by atoms with Crippen LogP contribution in [0.2, 0.25) is 0 Å². The van der Waals surface area contributed by atoms with Gasteiger partial charge >= 0.3 is 0 Å². The summed E-state index contributed by atoms with van der Waals surface area (Å²) in [6.45, 7) is 9.97. The van der Waals surface area contributed by atoms with Crippen LogP contribution >= 0.6 is 0 Å². The summed E-state index contributed by atoms with van der Waals surface area (Å²) in [4.78, 5) is 0. The first-order chi connectivity index (χ1) is 4.34. The normalized spacial score (nSPS) is 14.4. The molecule has 0 spiro atoms. The van der Waals surface area contributed by atoms with Crippen molar-refractivity contribution in [3.05, 3.63) is 0 Å². The van der Waals surface area contributed by atoms with Gasteiger partial charge in [0.05, 0.1) is 0 Å². The lowest BCUT2D eigenvalue weighted by molar-refractivity contribution is -0.818. The van der Waals surface area contributed by atoms with Gasteiger partial charge in [0.25, 0.3) is 0 Å². The van der Waals surface area contributed by atoms with Crippen molar-refractivity contribution in [2.75, 3.05) is 0 Å². The largest absolute Gasteiger partial charge is 0.291 e. The molecule has 60 valence electrons. The van der Waals surface area contributed by atoms with Gasteiger partial charge < -0.3 is 0 Å². The van der Waals surface area contributed by atoms with Crippen molar-refractivity contribution in [1.29, 1.82) is 0 Å². The minimum Gasteiger partial charge on any atom is -0.291 e. The molecule has 2 nitrogen and oxygen atoms in total. The molecule has 0 aromatic heterocycles. The second-order valence-electron chi connectivity index (χ2n) is 3.91. The molecule has 0 rings (SSSR count). The number of hydrogen-bond acceptors (Lipinski definition) is 1. The molecule has 0 aliphatic heterocycles. The zero-order valence-electron chi connectivity index (χ0n) is 7.55. The van der Waals surface area contributed by atoms with Crippen LogP contribution in [0.3, 0.4) is 0 Å². The Kier molecular flexibility index (Phi) is 2.88. The van der Waals surface area contributed by atoms with Gasteiger partial charge in [-0.2, -0.15) is 0 Å². The highest BCUT2D eigenvalue weighted by molar-refractivity contribution is 5.53. The van der Waals surface area contributed by atoms with E-state index in [-0.39, 0.29) is 5.54 Å². The van der Waals surface area contributed by atoms with E-state index in [1.54, 1.807) is 6.21 Å². The summed E-state index contributed by atoms with van der Waals surface area (Å²) in [6, 6.07) is 0. The van der Waals surface area contributed by atoms with Crippen molar-refractivity contribution < 1.29 is 9.95 Å². The van der Waals surface area contributed by atoms with Crippen LogP contribution < -0.4 is 0 Å². The molecule has 10 heavy (non-hydrogen) atoms. The predicted molar refractivity (Wildman–Crippen MR) is 42.7 cm³/mol. The fourth-order valence-electron chi connectivity index (χ4n) is 0.506. The first-order valence-corrected chi connectivity index (χ1v) is 3.67. The van der Waals surface area contributed by atoms with Crippen molar-refractivity contribution >= 4 is 6.21 Å². The molecule has 0 radical (unpaired) electrons. The van der Waals surface area contributed by atoms with Crippen molar-refractivity contribution in [2.24, 2.45) is 5.92 Å². The third-order valence-electron chi connectivity index (χ3n) is 1.13. The second kappa shape index (κ2) is 3.04. The molecule has 0 bridgehead atoms. The Hall–Kier alpha value is -0.530. The molecule has 0 fully saturated rings. The van der Waals surface area contributed by atoms with Gasteiger partial charge in [-0.15, -0.1) is 0 Å². The van der Waals surface area contributed by atoms with E-state index in [0.29, 0.717) is 5.92 Å². The Morgan fingerprint density at radius 1 is 1.30 bits per heavy atom. The summed E-state index contributed by atoms with van der Waals surface area (Å²) in [5, 5.41) is 9.33. The fraction of sp³-hybridized carbons (Fsp3) is 0.875. The minimum atomic E-state index is -0.176. The molecule has 0 unspecified atom stereocenters. The SMILES string of the molecule is CC(C)/C=[N+](\O)C(C)(C)C. The summed E-state index contributed by atoms with van der Waals surface area (Å²) in [5.74, 6) is 0.393. The smallest absolute Gasteiger partial charge is 0.202 e. The van der Waals surface area contributed by atoms with Gasteiger partial charge in [0, 0.05) is 26.7 Å². The van der Waals surface area contributed by atoms with Gasteiger partial charge in [-0.1, -0.05) is 13.8 Å². The maximum Gasteiger partial charge on any atom is 0.202 e. The van der Waals surface area contributed by atoms with Crippen LogP contribution in [0.25, 0.3) is 0 Å². The third kappa shape index (κ3) is 3.49. The highest BCUT2D eigenvalue weighted by Crippen LogP contribution is 2.04. The van der Waals surface area contributed by atoms with Crippen molar-refractivity contribution in [3.8, 4) is 0 Å². The van der Waals surface area contributed by atoms with Crippen LogP contribution in [-0.2, 0) is 0 Å². The Labute approximate surface area is 63.1 Å². The molecular weight excluding hydrogens is 126 g/mol. The van der Waals surface area contributed by atoms with Gasteiger partial charge in [0.15, 0.2) is 6.21 Å². The average molecular weight is 144 g/mol. The van der Waals surface area contributed by atoms with Crippen LogP contribution in [0.15, 0.2) is 0 Å². The van der Waals surface area contributed by atoms with Crippen LogP contribution in [-0.4, -0.2) is 21.7 Å². The van der Waals surface area contributed by atoms with Gasteiger partial charge in [-0.05, 0) is 4.74 Å². The van der Waals surface area contributed by atoms with E-state index in [1.165, 1.54) is 4.74 Å². The van der Waals surface area contributed by atoms with Crippen molar-refractivity contribution in [2.45, 2.75) is 40.2 Å². The quantitative estimate of drug-likeness (QED) is 0.258. The molecule has 0 aromatic carbocycles.